The van der Waals surface area contributed by atoms with Crippen LogP contribution < -0.4 is 5.32 Å². The van der Waals surface area contributed by atoms with Crippen molar-refractivity contribution < 1.29 is 9.59 Å². The number of amides is 2. The van der Waals surface area contributed by atoms with Crippen LogP contribution in [0.3, 0.4) is 0 Å². The quantitative estimate of drug-likeness (QED) is 0.735. The summed E-state index contributed by atoms with van der Waals surface area (Å²) in [6, 6.07) is -0.383. The van der Waals surface area contributed by atoms with Crippen LogP contribution in [0.4, 0.5) is 0 Å². The summed E-state index contributed by atoms with van der Waals surface area (Å²) >= 11 is 0. The molecule has 86 valence electrons. The molecule has 1 fully saturated rings. The molecule has 0 aliphatic carbocycles. The van der Waals surface area contributed by atoms with Crippen LogP contribution in [0.2, 0.25) is 0 Å². The largest absolute Gasteiger partial charge is 0.345 e. The first-order valence-corrected chi connectivity index (χ1v) is 5.51. The van der Waals surface area contributed by atoms with Crippen molar-refractivity contribution in [1.29, 1.82) is 0 Å². The van der Waals surface area contributed by atoms with E-state index in [1.165, 1.54) is 0 Å². The predicted molar refractivity (Wildman–Crippen MR) is 58.2 cm³/mol. The maximum atomic E-state index is 11.9. The third-order valence-electron chi connectivity index (χ3n) is 2.61. The molecule has 2 unspecified atom stereocenters. The van der Waals surface area contributed by atoms with Crippen molar-refractivity contribution in [2.24, 2.45) is 5.92 Å². The second-order valence-electron chi connectivity index (χ2n) is 4.73. The summed E-state index contributed by atoms with van der Waals surface area (Å²) in [6.07, 6.45) is 0.406. The van der Waals surface area contributed by atoms with E-state index < -0.39 is 0 Å². The first kappa shape index (κ1) is 12.0. The SMILES string of the molecule is CC(C)CN1C(=O)C(C)NC(=O)CC1C. The van der Waals surface area contributed by atoms with Crippen LogP contribution >= 0.6 is 0 Å². The lowest BCUT2D eigenvalue weighted by Crippen LogP contribution is -2.46. The van der Waals surface area contributed by atoms with Crippen molar-refractivity contribution >= 4 is 11.8 Å². The third-order valence-corrected chi connectivity index (χ3v) is 2.61. The number of carbonyl (C=O) groups is 2. The highest BCUT2D eigenvalue weighted by Crippen LogP contribution is 2.13. The molecule has 1 N–H and O–H groups in total. The van der Waals surface area contributed by atoms with Crippen LogP contribution in [-0.2, 0) is 9.59 Å². The Morgan fingerprint density at radius 3 is 2.53 bits per heavy atom. The van der Waals surface area contributed by atoms with Gasteiger partial charge in [-0.05, 0) is 19.8 Å². The number of carbonyl (C=O) groups excluding carboxylic acids is 2. The van der Waals surface area contributed by atoms with Gasteiger partial charge in [0.2, 0.25) is 11.8 Å². The lowest BCUT2D eigenvalue weighted by Gasteiger charge is -2.29. The normalized spacial score (nSPS) is 27.9. The van der Waals surface area contributed by atoms with Gasteiger partial charge in [0.15, 0.2) is 0 Å². The molecule has 1 aliphatic heterocycles. The summed E-state index contributed by atoms with van der Waals surface area (Å²) in [5.41, 5.74) is 0. The van der Waals surface area contributed by atoms with E-state index in [0.717, 1.165) is 6.54 Å². The molecule has 1 saturated heterocycles. The van der Waals surface area contributed by atoms with Gasteiger partial charge < -0.3 is 10.2 Å². The molecule has 0 bridgehead atoms. The first-order valence-electron chi connectivity index (χ1n) is 5.51. The average molecular weight is 212 g/mol. The number of nitrogens with zero attached hydrogens (tertiary/aromatic N) is 1. The molecule has 0 aromatic rings. The summed E-state index contributed by atoms with van der Waals surface area (Å²) in [6.45, 7) is 8.54. The maximum Gasteiger partial charge on any atom is 0.245 e. The van der Waals surface area contributed by atoms with Gasteiger partial charge in [-0.25, -0.2) is 0 Å². The van der Waals surface area contributed by atoms with E-state index >= 15 is 0 Å². The number of hydrogen-bond acceptors (Lipinski definition) is 2. The molecule has 4 nitrogen and oxygen atoms in total. The standard InChI is InChI=1S/C11H20N2O2/c1-7(2)6-13-8(3)5-10(14)12-9(4)11(13)15/h7-9H,5-6H2,1-4H3,(H,12,14). The van der Waals surface area contributed by atoms with E-state index in [9.17, 15) is 9.59 Å². The Morgan fingerprint density at radius 2 is 2.00 bits per heavy atom. The highest BCUT2D eigenvalue weighted by atomic mass is 16.2. The monoisotopic (exact) mass is 212 g/mol. The molecular formula is C11H20N2O2. The van der Waals surface area contributed by atoms with E-state index in [4.69, 9.17) is 0 Å². The van der Waals surface area contributed by atoms with Gasteiger partial charge in [0.05, 0.1) is 0 Å². The van der Waals surface area contributed by atoms with Crippen LogP contribution in [0.15, 0.2) is 0 Å². The molecule has 4 heteroatoms. The number of rotatable bonds is 2. The van der Waals surface area contributed by atoms with E-state index in [0.29, 0.717) is 12.3 Å². The van der Waals surface area contributed by atoms with Gasteiger partial charge in [-0.2, -0.15) is 0 Å². The fourth-order valence-electron chi connectivity index (χ4n) is 1.87. The Labute approximate surface area is 91.0 Å². The third kappa shape index (κ3) is 2.94. The van der Waals surface area contributed by atoms with E-state index in [1.807, 2.05) is 11.8 Å². The molecule has 2 amide bonds. The fraction of sp³-hybridized carbons (Fsp3) is 0.818. The molecule has 1 heterocycles. The van der Waals surface area contributed by atoms with Gasteiger partial charge in [0, 0.05) is 19.0 Å². The summed E-state index contributed by atoms with van der Waals surface area (Å²) in [4.78, 5) is 25.2. The molecule has 1 rings (SSSR count). The zero-order valence-electron chi connectivity index (χ0n) is 9.91. The van der Waals surface area contributed by atoms with Crippen LogP contribution in [0.1, 0.15) is 34.1 Å². The van der Waals surface area contributed by atoms with Gasteiger partial charge in [0.25, 0.3) is 0 Å². The van der Waals surface area contributed by atoms with Gasteiger partial charge in [-0.3, -0.25) is 9.59 Å². The second-order valence-corrected chi connectivity index (χ2v) is 4.73. The highest BCUT2D eigenvalue weighted by molar-refractivity contribution is 5.90. The Balaban J connectivity index is 2.81. The van der Waals surface area contributed by atoms with Gasteiger partial charge in [0.1, 0.15) is 6.04 Å². The smallest absolute Gasteiger partial charge is 0.245 e. The van der Waals surface area contributed by atoms with Crippen molar-refractivity contribution in [1.82, 2.24) is 10.2 Å². The fourth-order valence-corrected chi connectivity index (χ4v) is 1.87. The molecule has 2 atom stereocenters. The summed E-state index contributed by atoms with van der Waals surface area (Å²) in [5, 5.41) is 2.69. The Hall–Kier alpha value is -1.06. The number of nitrogens with one attached hydrogen (secondary N) is 1. The molecular weight excluding hydrogens is 192 g/mol. The average Bonchev–Trinajstić information content (AvgIpc) is 2.18. The minimum atomic E-state index is -0.388. The zero-order valence-corrected chi connectivity index (χ0v) is 9.91. The van der Waals surface area contributed by atoms with Crippen molar-refractivity contribution in [2.45, 2.75) is 46.2 Å². The van der Waals surface area contributed by atoms with Crippen LogP contribution in [0.5, 0.6) is 0 Å². The molecule has 0 aromatic heterocycles. The van der Waals surface area contributed by atoms with Crippen LogP contribution in [0, 0.1) is 5.92 Å². The predicted octanol–water partition coefficient (Wildman–Crippen LogP) is 0.768. The molecule has 15 heavy (non-hydrogen) atoms. The van der Waals surface area contributed by atoms with E-state index in [-0.39, 0.29) is 23.9 Å². The van der Waals surface area contributed by atoms with Crippen LogP contribution in [-0.4, -0.2) is 35.3 Å². The molecule has 0 saturated carbocycles. The minimum Gasteiger partial charge on any atom is -0.345 e. The number of hydrogen-bond donors (Lipinski definition) is 1. The molecule has 0 radical (unpaired) electrons. The van der Waals surface area contributed by atoms with Crippen molar-refractivity contribution in [3.05, 3.63) is 0 Å². The lowest BCUT2D eigenvalue weighted by molar-refractivity contribution is -0.134. The second kappa shape index (κ2) is 4.64. The highest BCUT2D eigenvalue weighted by Gasteiger charge is 2.31. The lowest BCUT2D eigenvalue weighted by atomic mass is 10.1. The molecule has 0 aromatic carbocycles. The van der Waals surface area contributed by atoms with Gasteiger partial charge in [-0.15, -0.1) is 0 Å². The molecule has 1 aliphatic rings. The Morgan fingerprint density at radius 1 is 1.40 bits per heavy atom. The Bertz CT molecular complexity index is 263. The maximum absolute atomic E-state index is 11.9. The van der Waals surface area contributed by atoms with Crippen molar-refractivity contribution in [3.8, 4) is 0 Å². The molecule has 0 spiro atoms. The van der Waals surface area contributed by atoms with Gasteiger partial charge >= 0.3 is 0 Å². The van der Waals surface area contributed by atoms with Crippen LogP contribution in [0.25, 0.3) is 0 Å². The Kier molecular flexibility index (Phi) is 3.72. The van der Waals surface area contributed by atoms with E-state index in [1.54, 1.807) is 6.92 Å². The van der Waals surface area contributed by atoms with Crippen molar-refractivity contribution in [3.63, 3.8) is 0 Å². The van der Waals surface area contributed by atoms with Crippen molar-refractivity contribution in [2.75, 3.05) is 6.54 Å². The summed E-state index contributed by atoms with van der Waals surface area (Å²) in [5.74, 6) is 0.424. The summed E-state index contributed by atoms with van der Waals surface area (Å²) < 4.78 is 0. The van der Waals surface area contributed by atoms with Gasteiger partial charge in [-0.1, -0.05) is 13.8 Å². The minimum absolute atomic E-state index is 0.00449. The van der Waals surface area contributed by atoms with E-state index in [2.05, 4.69) is 19.2 Å². The zero-order chi connectivity index (χ0) is 11.6. The summed E-state index contributed by atoms with van der Waals surface area (Å²) in [7, 11) is 0. The first-order chi connectivity index (χ1) is 6.91. The topological polar surface area (TPSA) is 49.4 Å².